The molecule has 0 radical (unpaired) electrons. The molecule has 3 nitrogen and oxygen atoms in total. The van der Waals surface area contributed by atoms with Crippen molar-refractivity contribution in [2.75, 3.05) is 7.11 Å². The Morgan fingerprint density at radius 1 is 1.16 bits per heavy atom. The van der Waals surface area contributed by atoms with E-state index in [4.69, 9.17) is 4.74 Å². The molecule has 0 fully saturated rings. The largest absolute Gasteiger partial charge is 0.496 e. The highest BCUT2D eigenvalue weighted by atomic mass is 16.5. The molecule has 0 saturated carbocycles. The molecule has 1 N–H and O–H groups in total. The summed E-state index contributed by atoms with van der Waals surface area (Å²) in [6, 6.07) is 12.9. The number of hydrogen-bond donors (Lipinski definition) is 1. The van der Waals surface area contributed by atoms with Crippen molar-refractivity contribution in [2.45, 2.75) is 33.0 Å². The second-order valence-corrected chi connectivity index (χ2v) is 4.97. The highest BCUT2D eigenvalue weighted by Gasteiger charge is 2.06. The first-order valence-electron chi connectivity index (χ1n) is 6.70. The van der Waals surface area contributed by atoms with E-state index in [1.54, 1.807) is 7.11 Å². The van der Waals surface area contributed by atoms with Crippen LogP contribution in [-0.2, 0) is 13.1 Å². The van der Waals surface area contributed by atoms with Crippen LogP contribution in [0.3, 0.4) is 0 Å². The van der Waals surface area contributed by atoms with Gasteiger partial charge in [-0.1, -0.05) is 32.0 Å². The van der Waals surface area contributed by atoms with Crippen molar-refractivity contribution >= 4 is 0 Å². The fourth-order valence-corrected chi connectivity index (χ4v) is 2.09. The topological polar surface area (TPSA) is 26.2 Å². The van der Waals surface area contributed by atoms with Crippen molar-refractivity contribution in [2.24, 2.45) is 0 Å². The van der Waals surface area contributed by atoms with Crippen molar-refractivity contribution in [1.29, 1.82) is 0 Å². The molecule has 3 heteroatoms. The zero-order valence-electron chi connectivity index (χ0n) is 11.9. The van der Waals surface area contributed by atoms with Crippen LogP contribution in [0.25, 0.3) is 0 Å². The van der Waals surface area contributed by atoms with Gasteiger partial charge in [0, 0.05) is 30.0 Å². The lowest BCUT2D eigenvalue weighted by molar-refractivity contribution is 0.408. The Labute approximate surface area is 115 Å². The summed E-state index contributed by atoms with van der Waals surface area (Å²) in [5.74, 6) is 0.943. The van der Waals surface area contributed by atoms with Crippen molar-refractivity contribution in [1.82, 2.24) is 9.88 Å². The van der Waals surface area contributed by atoms with Gasteiger partial charge in [-0.05, 0) is 18.2 Å². The summed E-state index contributed by atoms with van der Waals surface area (Å²) < 4.78 is 7.66. The maximum atomic E-state index is 5.40. The van der Waals surface area contributed by atoms with Gasteiger partial charge in [0.15, 0.2) is 0 Å². The SMILES string of the molecule is COc1ccccc1Cn1cccc1CNC(C)C. The van der Waals surface area contributed by atoms with Gasteiger partial charge in [0.25, 0.3) is 0 Å². The predicted octanol–water partition coefficient (Wildman–Crippen LogP) is 3.04. The third-order valence-electron chi connectivity index (χ3n) is 3.15. The molecular formula is C16H22N2O. The van der Waals surface area contributed by atoms with Crippen molar-refractivity contribution in [3.63, 3.8) is 0 Å². The van der Waals surface area contributed by atoms with Gasteiger partial charge < -0.3 is 14.6 Å². The van der Waals surface area contributed by atoms with E-state index in [1.807, 2.05) is 18.2 Å². The standard InChI is InChI=1S/C16H22N2O/c1-13(2)17-11-15-8-6-10-18(15)12-14-7-4-5-9-16(14)19-3/h4-10,13,17H,11-12H2,1-3H3. The molecule has 1 aromatic heterocycles. The van der Waals surface area contributed by atoms with Gasteiger partial charge in [0.1, 0.15) is 5.75 Å². The lowest BCUT2D eigenvalue weighted by atomic mass is 10.2. The molecule has 0 aliphatic carbocycles. The lowest BCUT2D eigenvalue weighted by Gasteiger charge is -2.14. The number of methoxy groups -OCH3 is 1. The normalized spacial score (nSPS) is 10.9. The summed E-state index contributed by atoms with van der Waals surface area (Å²) in [6.45, 7) is 6.05. The van der Waals surface area contributed by atoms with Crippen LogP contribution in [0.5, 0.6) is 5.75 Å². The minimum atomic E-state index is 0.495. The van der Waals surface area contributed by atoms with Gasteiger partial charge in [-0.3, -0.25) is 0 Å². The third-order valence-corrected chi connectivity index (χ3v) is 3.15. The van der Waals surface area contributed by atoms with Crippen LogP contribution in [0, 0.1) is 0 Å². The molecule has 1 aromatic carbocycles. The van der Waals surface area contributed by atoms with Crippen LogP contribution >= 0.6 is 0 Å². The molecule has 0 spiro atoms. The Bertz CT molecular complexity index is 517. The number of rotatable bonds is 6. The van der Waals surface area contributed by atoms with E-state index in [-0.39, 0.29) is 0 Å². The summed E-state index contributed by atoms with van der Waals surface area (Å²) in [6.07, 6.45) is 2.11. The quantitative estimate of drug-likeness (QED) is 0.862. The van der Waals surface area contributed by atoms with Gasteiger partial charge in [-0.15, -0.1) is 0 Å². The Balaban J connectivity index is 2.12. The number of ether oxygens (including phenoxy) is 1. The second kappa shape index (κ2) is 6.43. The summed E-state index contributed by atoms with van der Waals surface area (Å²) in [4.78, 5) is 0. The Kier molecular flexibility index (Phi) is 4.63. The first kappa shape index (κ1) is 13.7. The summed E-state index contributed by atoms with van der Waals surface area (Å²) in [7, 11) is 1.72. The zero-order chi connectivity index (χ0) is 13.7. The molecule has 0 bridgehead atoms. The molecule has 0 atom stereocenters. The number of aromatic nitrogens is 1. The van der Waals surface area contributed by atoms with E-state index >= 15 is 0 Å². The number of para-hydroxylation sites is 1. The molecule has 0 aliphatic heterocycles. The number of hydrogen-bond acceptors (Lipinski definition) is 2. The van der Waals surface area contributed by atoms with E-state index in [0.717, 1.165) is 18.8 Å². The molecule has 1 heterocycles. The van der Waals surface area contributed by atoms with Crippen LogP contribution in [-0.4, -0.2) is 17.7 Å². The second-order valence-electron chi connectivity index (χ2n) is 4.97. The molecule has 0 unspecified atom stereocenters. The summed E-state index contributed by atoms with van der Waals surface area (Å²) >= 11 is 0. The molecule has 2 aromatic rings. The van der Waals surface area contributed by atoms with Crippen LogP contribution in [0.1, 0.15) is 25.1 Å². The number of benzene rings is 1. The van der Waals surface area contributed by atoms with Gasteiger partial charge in [-0.25, -0.2) is 0 Å². The molecule has 0 amide bonds. The van der Waals surface area contributed by atoms with Gasteiger partial charge in [0.2, 0.25) is 0 Å². The molecule has 2 rings (SSSR count). The third kappa shape index (κ3) is 3.61. The minimum Gasteiger partial charge on any atom is -0.496 e. The Morgan fingerprint density at radius 3 is 2.68 bits per heavy atom. The number of nitrogens with zero attached hydrogens (tertiary/aromatic N) is 1. The van der Waals surface area contributed by atoms with Crippen LogP contribution in [0.15, 0.2) is 42.6 Å². The van der Waals surface area contributed by atoms with Gasteiger partial charge >= 0.3 is 0 Å². The van der Waals surface area contributed by atoms with Gasteiger partial charge in [-0.2, -0.15) is 0 Å². The maximum Gasteiger partial charge on any atom is 0.123 e. The Hall–Kier alpha value is -1.74. The van der Waals surface area contributed by atoms with Crippen LogP contribution in [0.2, 0.25) is 0 Å². The first-order chi connectivity index (χ1) is 9.20. The van der Waals surface area contributed by atoms with Gasteiger partial charge in [0.05, 0.1) is 13.7 Å². The minimum absolute atomic E-state index is 0.495. The van der Waals surface area contributed by atoms with Crippen LogP contribution in [0.4, 0.5) is 0 Å². The predicted molar refractivity (Wildman–Crippen MR) is 78.5 cm³/mol. The fraction of sp³-hybridized carbons (Fsp3) is 0.375. The molecule has 0 saturated heterocycles. The average molecular weight is 258 g/mol. The van der Waals surface area contributed by atoms with Crippen molar-refractivity contribution in [3.8, 4) is 5.75 Å². The molecule has 19 heavy (non-hydrogen) atoms. The van der Waals surface area contributed by atoms with E-state index in [9.17, 15) is 0 Å². The monoisotopic (exact) mass is 258 g/mol. The lowest BCUT2D eigenvalue weighted by Crippen LogP contribution is -2.23. The Morgan fingerprint density at radius 2 is 1.95 bits per heavy atom. The van der Waals surface area contributed by atoms with E-state index < -0.39 is 0 Å². The highest BCUT2D eigenvalue weighted by Crippen LogP contribution is 2.19. The first-order valence-corrected chi connectivity index (χ1v) is 6.70. The summed E-state index contributed by atoms with van der Waals surface area (Å²) in [5, 5.41) is 3.45. The van der Waals surface area contributed by atoms with Crippen LogP contribution < -0.4 is 10.1 Å². The van der Waals surface area contributed by atoms with Crippen molar-refractivity contribution in [3.05, 3.63) is 53.9 Å². The van der Waals surface area contributed by atoms with Crippen molar-refractivity contribution < 1.29 is 4.74 Å². The zero-order valence-corrected chi connectivity index (χ0v) is 11.9. The number of nitrogens with one attached hydrogen (secondary N) is 1. The molecule has 102 valence electrons. The van der Waals surface area contributed by atoms with E-state index in [2.05, 4.69) is 48.1 Å². The summed E-state index contributed by atoms with van der Waals surface area (Å²) in [5.41, 5.74) is 2.49. The maximum absolute atomic E-state index is 5.40. The average Bonchev–Trinajstić information content (AvgIpc) is 2.84. The fourth-order valence-electron chi connectivity index (χ4n) is 2.09. The highest BCUT2D eigenvalue weighted by molar-refractivity contribution is 5.33. The smallest absolute Gasteiger partial charge is 0.123 e. The van der Waals surface area contributed by atoms with E-state index in [1.165, 1.54) is 11.3 Å². The molecule has 0 aliphatic rings. The van der Waals surface area contributed by atoms with E-state index in [0.29, 0.717) is 6.04 Å². The molecular weight excluding hydrogens is 236 g/mol.